The van der Waals surface area contributed by atoms with Crippen LogP contribution in [0.4, 0.5) is 0 Å². The summed E-state index contributed by atoms with van der Waals surface area (Å²) >= 11 is 0. The van der Waals surface area contributed by atoms with E-state index in [1.807, 2.05) is 6.07 Å². The lowest BCUT2D eigenvalue weighted by Crippen LogP contribution is -2.58. The zero-order valence-electron chi connectivity index (χ0n) is 16.2. The van der Waals surface area contributed by atoms with Gasteiger partial charge in [0.25, 0.3) is 0 Å². The average Bonchev–Trinajstić information content (AvgIpc) is 2.97. The summed E-state index contributed by atoms with van der Waals surface area (Å²) in [5, 5.41) is 10.2. The number of piperazine rings is 1. The molecule has 0 radical (unpaired) electrons. The van der Waals surface area contributed by atoms with Gasteiger partial charge in [-0.1, -0.05) is 20.8 Å². The molecular weight excluding hydrogens is 318 g/mol. The quantitative estimate of drug-likeness (QED) is 0.839. The van der Waals surface area contributed by atoms with Gasteiger partial charge in [-0.3, -0.25) is 19.6 Å². The van der Waals surface area contributed by atoms with E-state index in [1.54, 1.807) is 11.9 Å². The highest BCUT2D eigenvalue weighted by molar-refractivity contribution is 5.88. The Morgan fingerprint density at radius 1 is 1.44 bits per heavy atom. The summed E-state index contributed by atoms with van der Waals surface area (Å²) < 4.78 is 0. The minimum Gasteiger partial charge on any atom is -0.353 e. The minimum absolute atomic E-state index is 0.0325. The second kappa shape index (κ2) is 7.56. The largest absolute Gasteiger partial charge is 0.353 e. The standard InChI is InChI=1S/C18H31N5O2/c1-12(2)23-8-7-19-17(25)14(23)10-16(24)22(6)11-13-9-15(21-20-13)18(3,4)5/h9,12,14H,7-8,10-11H2,1-6H3,(H,19,25)(H,20,21)/t14-/m0/s1. The molecule has 2 N–H and O–H groups in total. The first-order valence-corrected chi connectivity index (χ1v) is 8.91. The number of nitrogens with zero attached hydrogens (tertiary/aromatic N) is 3. The van der Waals surface area contributed by atoms with Gasteiger partial charge in [0.2, 0.25) is 11.8 Å². The van der Waals surface area contributed by atoms with Crippen molar-refractivity contribution in [2.24, 2.45) is 0 Å². The van der Waals surface area contributed by atoms with Gasteiger partial charge in [0.1, 0.15) is 0 Å². The van der Waals surface area contributed by atoms with Crippen LogP contribution < -0.4 is 5.32 Å². The Bertz CT molecular complexity index is 617. The fourth-order valence-electron chi connectivity index (χ4n) is 3.05. The molecule has 1 aliphatic heterocycles. The molecule has 1 aliphatic rings. The summed E-state index contributed by atoms with van der Waals surface area (Å²) in [6.45, 7) is 12.3. The van der Waals surface area contributed by atoms with Crippen molar-refractivity contribution < 1.29 is 9.59 Å². The minimum atomic E-state index is -0.393. The number of aromatic amines is 1. The number of aromatic nitrogens is 2. The van der Waals surface area contributed by atoms with Crippen molar-refractivity contribution in [3.63, 3.8) is 0 Å². The Labute approximate surface area is 150 Å². The molecule has 1 fully saturated rings. The monoisotopic (exact) mass is 349 g/mol. The zero-order chi connectivity index (χ0) is 18.8. The van der Waals surface area contributed by atoms with Crippen LogP contribution in [0.2, 0.25) is 0 Å². The third-order valence-electron chi connectivity index (χ3n) is 4.64. The van der Waals surface area contributed by atoms with E-state index in [1.165, 1.54) is 0 Å². The van der Waals surface area contributed by atoms with Crippen molar-refractivity contribution in [3.8, 4) is 0 Å². The van der Waals surface area contributed by atoms with E-state index < -0.39 is 6.04 Å². The SMILES string of the molecule is CC(C)N1CCNC(=O)[C@@H]1CC(=O)N(C)Cc1cc(C(C)(C)C)n[nH]1. The molecule has 0 bridgehead atoms. The fourth-order valence-corrected chi connectivity index (χ4v) is 3.05. The van der Waals surface area contributed by atoms with Crippen LogP contribution in [0.3, 0.4) is 0 Å². The van der Waals surface area contributed by atoms with E-state index in [0.717, 1.165) is 17.9 Å². The van der Waals surface area contributed by atoms with E-state index in [-0.39, 0.29) is 29.7 Å². The van der Waals surface area contributed by atoms with Crippen molar-refractivity contribution in [3.05, 3.63) is 17.5 Å². The first-order chi connectivity index (χ1) is 11.6. The third-order valence-corrected chi connectivity index (χ3v) is 4.64. The highest BCUT2D eigenvalue weighted by atomic mass is 16.2. The predicted molar refractivity (Wildman–Crippen MR) is 97.0 cm³/mol. The maximum Gasteiger partial charge on any atom is 0.237 e. The maximum absolute atomic E-state index is 12.6. The molecule has 7 nitrogen and oxygen atoms in total. The molecule has 0 saturated carbocycles. The average molecular weight is 349 g/mol. The first kappa shape index (κ1) is 19.4. The van der Waals surface area contributed by atoms with Gasteiger partial charge in [0, 0.05) is 31.6 Å². The van der Waals surface area contributed by atoms with Gasteiger partial charge in [0.15, 0.2) is 0 Å². The van der Waals surface area contributed by atoms with Crippen LogP contribution in [0.1, 0.15) is 52.4 Å². The summed E-state index contributed by atoms with van der Waals surface area (Å²) in [7, 11) is 1.76. The molecule has 140 valence electrons. The molecule has 0 aliphatic carbocycles. The Kier molecular flexibility index (Phi) is 5.87. The molecule has 2 rings (SSSR count). The molecule has 1 aromatic rings. The number of hydrogen-bond donors (Lipinski definition) is 2. The van der Waals surface area contributed by atoms with Crippen molar-refractivity contribution in [2.45, 2.75) is 65.1 Å². The van der Waals surface area contributed by atoms with Gasteiger partial charge in [0.05, 0.1) is 30.4 Å². The number of carbonyl (C=O) groups is 2. The molecule has 0 spiro atoms. The van der Waals surface area contributed by atoms with E-state index in [2.05, 4.69) is 55.0 Å². The van der Waals surface area contributed by atoms with Gasteiger partial charge in [-0.25, -0.2) is 0 Å². The van der Waals surface area contributed by atoms with E-state index >= 15 is 0 Å². The molecule has 2 heterocycles. The Balaban J connectivity index is 1.99. The van der Waals surface area contributed by atoms with Crippen LogP contribution in [0, 0.1) is 0 Å². The van der Waals surface area contributed by atoms with Crippen LogP contribution >= 0.6 is 0 Å². The topological polar surface area (TPSA) is 81.3 Å². The van der Waals surface area contributed by atoms with Crippen LogP contribution in [0.25, 0.3) is 0 Å². The van der Waals surface area contributed by atoms with Gasteiger partial charge in [-0.2, -0.15) is 5.10 Å². The fraction of sp³-hybridized carbons (Fsp3) is 0.722. The lowest BCUT2D eigenvalue weighted by atomic mass is 9.92. The van der Waals surface area contributed by atoms with E-state index in [4.69, 9.17) is 0 Å². The highest BCUT2D eigenvalue weighted by Crippen LogP contribution is 2.21. The molecule has 0 aromatic carbocycles. The molecule has 25 heavy (non-hydrogen) atoms. The first-order valence-electron chi connectivity index (χ1n) is 8.91. The van der Waals surface area contributed by atoms with Crippen LogP contribution in [-0.2, 0) is 21.5 Å². The molecule has 7 heteroatoms. The highest BCUT2D eigenvalue weighted by Gasteiger charge is 2.33. The molecule has 1 atom stereocenters. The lowest BCUT2D eigenvalue weighted by Gasteiger charge is -2.38. The van der Waals surface area contributed by atoms with Gasteiger partial charge in [-0.05, 0) is 19.9 Å². The maximum atomic E-state index is 12.6. The number of amides is 2. The summed E-state index contributed by atoms with van der Waals surface area (Å²) in [5.74, 6) is -0.0992. The number of nitrogens with one attached hydrogen (secondary N) is 2. The Morgan fingerprint density at radius 2 is 2.12 bits per heavy atom. The van der Waals surface area contributed by atoms with Crippen molar-refractivity contribution in [1.82, 2.24) is 25.3 Å². The van der Waals surface area contributed by atoms with E-state index in [9.17, 15) is 9.59 Å². The lowest BCUT2D eigenvalue weighted by molar-refractivity contribution is -0.139. The summed E-state index contributed by atoms with van der Waals surface area (Å²) in [6, 6.07) is 1.84. The van der Waals surface area contributed by atoms with Crippen molar-refractivity contribution in [2.75, 3.05) is 20.1 Å². The van der Waals surface area contributed by atoms with Crippen LogP contribution in [0.5, 0.6) is 0 Å². The third kappa shape index (κ3) is 4.81. The van der Waals surface area contributed by atoms with E-state index in [0.29, 0.717) is 13.1 Å². The second-order valence-corrected chi connectivity index (χ2v) is 8.12. The van der Waals surface area contributed by atoms with Gasteiger partial charge >= 0.3 is 0 Å². The number of carbonyl (C=O) groups excluding carboxylic acids is 2. The summed E-state index contributed by atoms with van der Waals surface area (Å²) in [5.41, 5.74) is 1.84. The van der Waals surface area contributed by atoms with Gasteiger partial charge in [-0.15, -0.1) is 0 Å². The number of H-pyrrole nitrogens is 1. The van der Waals surface area contributed by atoms with Crippen molar-refractivity contribution in [1.29, 1.82) is 0 Å². The van der Waals surface area contributed by atoms with Crippen molar-refractivity contribution >= 4 is 11.8 Å². The summed E-state index contributed by atoms with van der Waals surface area (Å²) in [6.07, 6.45) is 0.195. The Hall–Kier alpha value is -1.89. The van der Waals surface area contributed by atoms with Gasteiger partial charge < -0.3 is 10.2 Å². The zero-order valence-corrected chi connectivity index (χ0v) is 16.2. The Morgan fingerprint density at radius 3 is 2.68 bits per heavy atom. The number of rotatable bonds is 5. The molecule has 0 unspecified atom stereocenters. The second-order valence-electron chi connectivity index (χ2n) is 8.12. The molecule has 1 aromatic heterocycles. The number of hydrogen-bond acceptors (Lipinski definition) is 4. The molecule has 2 amide bonds. The normalized spacial score (nSPS) is 19.2. The summed E-state index contributed by atoms with van der Waals surface area (Å²) in [4.78, 5) is 28.6. The smallest absolute Gasteiger partial charge is 0.237 e. The van der Waals surface area contributed by atoms with Crippen LogP contribution in [0.15, 0.2) is 6.07 Å². The predicted octanol–water partition coefficient (Wildman–Crippen LogP) is 1.26. The molecule has 1 saturated heterocycles. The van der Waals surface area contributed by atoms with Crippen LogP contribution in [-0.4, -0.2) is 64.0 Å². The molecular formula is C18H31N5O2.